The van der Waals surface area contributed by atoms with Gasteiger partial charge in [0, 0.05) is 21.1 Å². The Morgan fingerprint density at radius 3 is 2.62 bits per heavy atom. The number of nitrogens with zero attached hydrogens (tertiary/aromatic N) is 5. The van der Waals surface area contributed by atoms with Gasteiger partial charge in [0.2, 0.25) is 5.84 Å². The van der Waals surface area contributed by atoms with Gasteiger partial charge in [0.1, 0.15) is 11.5 Å². The minimum atomic E-state index is -0.299. The molecule has 0 fully saturated rings. The molecule has 0 radical (unpaired) electrons. The maximum absolute atomic E-state index is 13.4. The Labute approximate surface area is 208 Å². The van der Waals surface area contributed by atoms with E-state index in [1.807, 2.05) is 49.4 Å². The average Bonchev–Trinajstić information content (AvgIpc) is 3.16. The van der Waals surface area contributed by atoms with Crippen LogP contribution in [0.2, 0.25) is 5.02 Å². The van der Waals surface area contributed by atoms with Gasteiger partial charge in [-0.25, -0.2) is 4.98 Å². The zero-order valence-corrected chi connectivity index (χ0v) is 20.6. The Bertz CT molecular complexity index is 1680. The standard InChI is InChI=1S/C25H18BrClN6O/c1-14-23(17-7-3-5-9-20(17)28-14)24(31-30-22-10-6-4-8-19(22)27)32-33-15(2)29-21-12-11-16(26)13-18(21)25(33)34/h3-13,28H,1-2H3/b31-30?,32-24-. The van der Waals surface area contributed by atoms with Crippen molar-refractivity contribution in [2.24, 2.45) is 15.3 Å². The number of hydrogen-bond acceptors (Lipinski definition) is 4. The molecule has 0 aliphatic heterocycles. The molecular weight excluding hydrogens is 516 g/mol. The summed E-state index contributed by atoms with van der Waals surface area (Å²) in [6, 6.07) is 20.4. The number of aromatic nitrogens is 3. The lowest BCUT2D eigenvalue weighted by Crippen LogP contribution is -2.22. The zero-order chi connectivity index (χ0) is 23.8. The monoisotopic (exact) mass is 532 g/mol. The van der Waals surface area contributed by atoms with Crippen molar-refractivity contribution in [1.29, 1.82) is 0 Å². The van der Waals surface area contributed by atoms with E-state index in [9.17, 15) is 4.79 Å². The van der Waals surface area contributed by atoms with Crippen molar-refractivity contribution in [2.45, 2.75) is 13.8 Å². The van der Waals surface area contributed by atoms with E-state index < -0.39 is 0 Å². The van der Waals surface area contributed by atoms with E-state index in [2.05, 4.69) is 41.2 Å². The zero-order valence-electron chi connectivity index (χ0n) is 18.3. The molecule has 3 aromatic carbocycles. The molecule has 2 heterocycles. The second-order valence-electron chi connectivity index (χ2n) is 7.68. The lowest BCUT2D eigenvalue weighted by atomic mass is 10.1. The Morgan fingerprint density at radius 2 is 1.79 bits per heavy atom. The largest absolute Gasteiger partial charge is 0.358 e. The summed E-state index contributed by atoms with van der Waals surface area (Å²) in [6.45, 7) is 3.67. The van der Waals surface area contributed by atoms with Crippen LogP contribution in [0.4, 0.5) is 5.69 Å². The van der Waals surface area contributed by atoms with Gasteiger partial charge in [0.25, 0.3) is 5.56 Å². The van der Waals surface area contributed by atoms with Crippen molar-refractivity contribution >= 4 is 60.9 Å². The summed E-state index contributed by atoms with van der Waals surface area (Å²) in [5, 5.41) is 15.3. The number of aryl methyl sites for hydroxylation is 2. The number of nitrogens with one attached hydrogen (secondary N) is 1. The average molecular weight is 534 g/mol. The number of benzene rings is 3. The molecule has 0 saturated heterocycles. The van der Waals surface area contributed by atoms with Gasteiger partial charge < -0.3 is 4.98 Å². The van der Waals surface area contributed by atoms with E-state index >= 15 is 0 Å². The van der Waals surface area contributed by atoms with Crippen LogP contribution in [0.5, 0.6) is 0 Å². The van der Waals surface area contributed by atoms with Crippen LogP contribution in [-0.4, -0.2) is 20.5 Å². The van der Waals surface area contributed by atoms with Crippen LogP contribution in [0, 0.1) is 13.8 Å². The molecular formula is C25H18BrClN6O. The molecule has 0 aliphatic rings. The van der Waals surface area contributed by atoms with Crippen molar-refractivity contribution in [1.82, 2.24) is 14.6 Å². The molecule has 5 rings (SSSR count). The first-order chi connectivity index (χ1) is 16.4. The van der Waals surface area contributed by atoms with Crippen molar-refractivity contribution < 1.29 is 0 Å². The molecule has 0 bridgehead atoms. The van der Waals surface area contributed by atoms with Gasteiger partial charge in [0.15, 0.2) is 0 Å². The van der Waals surface area contributed by atoms with Crippen LogP contribution in [-0.2, 0) is 0 Å². The van der Waals surface area contributed by atoms with E-state index in [1.54, 1.807) is 31.2 Å². The van der Waals surface area contributed by atoms with E-state index in [1.165, 1.54) is 4.68 Å². The summed E-state index contributed by atoms with van der Waals surface area (Å²) in [5.41, 5.74) is 3.32. The summed E-state index contributed by atoms with van der Waals surface area (Å²) >= 11 is 9.70. The van der Waals surface area contributed by atoms with Crippen LogP contribution in [0.3, 0.4) is 0 Å². The van der Waals surface area contributed by atoms with E-state index in [0.29, 0.717) is 27.4 Å². The van der Waals surface area contributed by atoms with Crippen LogP contribution in [0.15, 0.2) is 91.3 Å². The van der Waals surface area contributed by atoms with Gasteiger partial charge in [-0.3, -0.25) is 4.79 Å². The van der Waals surface area contributed by atoms with Crippen molar-refractivity contribution in [3.05, 3.63) is 104 Å². The molecule has 0 atom stereocenters. The van der Waals surface area contributed by atoms with Crippen LogP contribution in [0.25, 0.3) is 21.8 Å². The lowest BCUT2D eigenvalue weighted by molar-refractivity contribution is 0.764. The Hall–Kier alpha value is -3.62. The number of fused-ring (bicyclic) bond motifs is 2. The molecule has 9 heteroatoms. The fourth-order valence-corrected chi connectivity index (χ4v) is 4.33. The molecule has 5 aromatic rings. The van der Waals surface area contributed by atoms with Crippen molar-refractivity contribution in [2.75, 3.05) is 0 Å². The number of hydrogen-bond donors (Lipinski definition) is 1. The third-order valence-corrected chi connectivity index (χ3v) is 6.20. The highest BCUT2D eigenvalue weighted by Crippen LogP contribution is 2.27. The van der Waals surface area contributed by atoms with Crippen molar-refractivity contribution in [3.8, 4) is 0 Å². The SMILES string of the molecule is Cc1[nH]c2ccccc2c1/C(N=Nc1ccccc1Cl)=N/n1c(C)nc2ccc(Br)cc2c1=O. The van der Waals surface area contributed by atoms with E-state index in [0.717, 1.165) is 26.6 Å². The Kier molecular flexibility index (Phi) is 5.85. The first kappa shape index (κ1) is 22.2. The summed E-state index contributed by atoms with van der Waals surface area (Å²) in [5.74, 6) is 0.693. The van der Waals surface area contributed by atoms with E-state index in [4.69, 9.17) is 11.6 Å². The lowest BCUT2D eigenvalue weighted by Gasteiger charge is -2.08. The normalized spacial score (nSPS) is 12.3. The number of halogens is 2. The first-order valence-corrected chi connectivity index (χ1v) is 11.6. The highest BCUT2D eigenvalue weighted by atomic mass is 79.9. The third-order valence-electron chi connectivity index (χ3n) is 5.39. The number of rotatable bonds is 3. The van der Waals surface area contributed by atoms with Gasteiger partial charge >= 0.3 is 0 Å². The van der Waals surface area contributed by atoms with Crippen LogP contribution >= 0.6 is 27.5 Å². The maximum Gasteiger partial charge on any atom is 0.282 e. The van der Waals surface area contributed by atoms with E-state index in [-0.39, 0.29) is 11.4 Å². The molecule has 0 aliphatic carbocycles. The molecule has 0 unspecified atom stereocenters. The predicted molar refractivity (Wildman–Crippen MR) is 139 cm³/mol. The second kappa shape index (κ2) is 8.96. The smallest absolute Gasteiger partial charge is 0.282 e. The Balaban J connectivity index is 1.78. The van der Waals surface area contributed by atoms with Crippen LogP contribution in [0.1, 0.15) is 17.1 Å². The molecule has 0 amide bonds. The molecule has 168 valence electrons. The molecule has 34 heavy (non-hydrogen) atoms. The number of aromatic amines is 1. The predicted octanol–water partition coefficient (Wildman–Crippen LogP) is 6.90. The van der Waals surface area contributed by atoms with Gasteiger partial charge in [-0.15, -0.1) is 15.3 Å². The highest BCUT2D eigenvalue weighted by Gasteiger charge is 2.17. The minimum Gasteiger partial charge on any atom is -0.358 e. The summed E-state index contributed by atoms with van der Waals surface area (Å²) in [6.07, 6.45) is 0. The maximum atomic E-state index is 13.4. The van der Waals surface area contributed by atoms with Gasteiger partial charge in [-0.2, -0.15) is 4.68 Å². The quantitative estimate of drug-likeness (QED) is 0.155. The Morgan fingerprint density at radius 1 is 1.03 bits per heavy atom. The number of amidine groups is 1. The molecule has 7 nitrogen and oxygen atoms in total. The summed E-state index contributed by atoms with van der Waals surface area (Å²) in [7, 11) is 0. The fraction of sp³-hybridized carbons (Fsp3) is 0.0800. The summed E-state index contributed by atoms with van der Waals surface area (Å²) < 4.78 is 2.04. The number of azo groups is 1. The topological polar surface area (TPSA) is 87.8 Å². The van der Waals surface area contributed by atoms with Crippen molar-refractivity contribution in [3.63, 3.8) is 0 Å². The second-order valence-corrected chi connectivity index (χ2v) is 9.01. The molecule has 2 aromatic heterocycles. The summed E-state index contributed by atoms with van der Waals surface area (Å²) in [4.78, 5) is 21.3. The van der Waals surface area contributed by atoms with Gasteiger partial charge in [-0.05, 0) is 50.2 Å². The number of H-pyrrole nitrogens is 1. The molecule has 1 N–H and O–H groups in total. The third kappa shape index (κ3) is 4.06. The fourth-order valence-electron chi connectivity index (χ4n) is 3.79. The van der Waals surface area contributed by atoms with Crippen LogP contribution < -0.4 is 5.56 Å². The molecule has 0 saturated carbocycles. The molecule has 0 spiro atoms. The van der Waals surface area contributed by atoms with Gasteiger partial charge in [0.05, 0.1) is 21.5 Å². The first-order valence-electron chi connectivity index (χ1n) is 10.4. The van der Waals surface area contributed by atoms with Gasteiger partial charge in [-0.1, -0.05) is 57.9 Å². The number of para-hydroxylation sites is 1. The highest BCUT2D eigenvalue weighted by molar-refractivity contribution is 9.10. The minimum absolute atomic E-state index is 0.260.